The number of hydrogen-bond donors (Lipinski definition) is 1. The molecule has 0 aromatic carbocycles. The number of carbonyl (C=O) groups is 1. The number of ether oxygens (including phenoxy) is 1. The first-order valence-corrected chi connectivity index (χ1v) is 5.88. The molecule has 0 aliphatic rings. The number of carboxylic acids is 1. The minimum Gasteiger partial charge on any atom is -0.491 e. The van der Waals surface area contributed by atoms with Crippen LogP contribution in [0.1, 0.15) is 24.3 Å². The summed E-state index contributed by atoms with van der Waals surface area (Å²) in [7, 11) is 5.22. The lowest BCUT2D eigenvalue weighted by molar-refractivity contribution is 0.0677. The van der Waals surface area contributed by atoms with Crippen LogP contribution in [0.3, 0.4) is 0 Å². The van der Waals surface area contributed by atoms with Crippen LogP contribution in [0.15, 0.2) is 17.1 Å². The van der Waals surface area contributed by atoms with E-state index in [1.807, 2.05) is 32.8 Å². The van der Waals surface area contributed by atoms with E-state index in [-0.39, 0.29) is 17.0 Å². The van der Waals surface area contributed by atoms with E-state index in [0.29, 0.717) is 6.54 Å². The van der Waals surface area contributed by atoms with Gasteiger partial charge < -0.3 is 19.3 Å². The Kier molecular flexibility index (Phi) is 4.36. The Morgan fingerprint density at radius 3 is 2.47 bits per heavy atom. The summed E-state index contributed by atoms with van der Waals surface area (Å²) in [5, 5.41) is 9.17. The topological polar surface area (TPSA) is 71.8 Å². The van der Waals surface area contributed by atoms with Crippen molar-refractivity contribution in [3.8, 4) is 5.75 Å². The van der Waals surface area contributed by atoms with Crippen molar-refractivity contribution >= 4 is 5.97 Å². The molecule has 0 aliphatic heterocycles. The number of aromatic carboxylic acids is 1. The summed E-state index contributed by atoms with van der Waals surface area (Å²) < 4.78 is 6.49. The van der Waals surface area contributed by atoms with Gasteiger partial charge in [-0.15, -0.1) is 0 Å². The maximum Gasteiger partial charge on any atom is 0.352 e. The van der Waals surface area contributed by atoms with E-state index >= 15 is 0 Å². The molecule has 1 aromatic heterocycles. The van der Waals surface area contributed by atoms with Gasteiger partial charge in [0.05, 0.1) is 13.3 Å². The summed E-state index contributed by atoms with van der Waals surface area (Å²) in [5.41, 5.74) is -0.732. The third-order valence-corrected chi connectivity index (χ3v) is 3.30. The van der Waals surface area contributed by atoms with E-state index < -0.39 is 11.4 Å². The third kappa shape index (κ3) is 3.35. The van der Waals surface area contributed by atoms with Crippen LogP contribution < -0.4 is 10.2 Å². The first-order valence-electron chi connectivity index (χ1n) is 5.88. The molecule has 0 saturated heterocycles. The van der Waals surface area contributed by atoms with Crippen molar-refractivity contribution in [2.24, 2.45) is 0 Å². The molecule has 0 radical (unpaired) electrons. The highest BCUT2D eigenvalue weighted by molar-refractivity contribution is 5.85. The molecule has 106 valence electrons. The Hall–Kier alpha value is -1.82. The highest BCUT2D eigenvalue weighted by Crippen LogP contribution is 2.16. The minimum absolute atomic E-state index is 0.0410. The molecular formula is C13H20N2O4. The molecule has 0 aliphatic carbocycles. The zero-order valence-electron chi connectivity index (χ0n) is 11.9. The van der Waals surface area contributed by atoms with E-state index in [1.165, 1.54) is 17.9 Å². The van der Waals surface area contributed by atoms with E-state index in [1.54, 1.807) is 0 Å². The van der Waals surface area contributed by atoms with Gasteiger partial charge in [-0.25, -0.2) is 4.79 Å². The van der Waals surface area contributed by atoms with Crippen LogP contribution >= 0.6 is 0 Å². The number of nitrogens with zero attached hydrogens (tertiary/aromatic N) is 2. The standard InChI is InChI=1S/C13H20N2O4/c1-13(2,14(3)4)8-15-7-11(19-5)10(16)6-9(15)12(17)18/h6-7H,8H2,1-5H3,(H,17,18). The second-order valence-corrected chi connectivity index (χ2v) is 5.23. The normalized spacial score (nSPS) is 11.7. The van der Waals surface area contributed by atoms with E-state index in [9.17, 15) is 14.7 Å². The Bertz CT molecular complexity index is 532. The van der Waals surface area contributed by atoms with Gasteiger partial charge in [0, 0.05) is 18.2 Å². The van der Waals surface area contributed by atoms with E-state index in [2.05, 4.69) is 0 Å². The van der Waals surface area contributed by atoms with E-state index in [4.69, 9.17) is 4.74 Å². The van der Waals surface area contributed by atoms with Crippen LogP contribution in [0.2, 0.25) is 0 Å². The average Bonchev–Trinajstić information content (AvgIpc) is 2.30. The lowest BCUT2D eigenvalue weighted by Crippen LogP contribution is -2.42. The minimum atomic E-state index is -1.13. The second kappa shape index (κ2) is 5.44. The fourth-order valence-electron chi connectivity index (χ4n) is 1.58. The van der Waals surface area contributed by atoms with Crippen molar-refractivity contribution in [1.29, 1.82) is 0 Å². The number of aromatic nitrogens is 1. The van der Waals surface area contributed by atoms with Gasteiger partial charge in [0.25, 0.3) is 0 Å². The molecule has 0 unspecified atom stereocenters. The molecule has 0 atom stereocenters. The molecule has 1 aromatic rings. The monoisotopic (exact) mass is 268 g/mol. The number of rotatable bonds is 5. The first kappa shape index (κ1) is 15.2. The third-order valence-electron chi connectivity index (χ3n) is 3.30. The van der Waals surface area contributed by atoms with Crippen molar-refractivity contribution in [2.45, 2.75) is 25.9 Å². The Labute approximate surface area is 112 Å². The number of likely N-dealkylation sites (N-methyl/N-ethyl adjacent to an activating group) is 1. The molecular weight excluding hydrogens is 248 g/mol. The SMILES string of the molecule is COc1cn(CC(C)(C)N(C)C)c(C(=O)O)cc1=O. The van der Waals surface area contributed by atoms with Crippen LogP contribution in [0, 0.1) is 0 Å². The van der Waals surface area contributed by atoms with Crippen molar-refractivity contribution < 1.29 is 14.6 Å². The Morgan fingerprint density at radius 1 is 1.47 bits per heavy atom. The molecule has 0 bridgehead atoms. The van der Waals surface area contributed by atoms with Crippen LogP contribution in [-0.4, -0.2) is 47.3 Å². The van der Waals surface area contributed by atoms with Crippen molar-refractivity contribution in [3.63, 3.8) is 0 Å². The highest BCUT2D eigenvalue weighted by atomic mass is 16.5. The van der Waals surface area contributed by atoms with Crippen molar-refractivity contribution in [1.82, 2.24) is 9.47 Å². The molecule has 1 rings (SSSR count). The fourth-order valence-corrected chi connectivity index (χ4v) is 1.58. The fraction of sp³-hybridized carbons (Fsp3) is 0.538. The summed E-state index contributed by atoms with van der Waals surface area (Å²) in [5.74, 6) is -0.992. The summed E-state index contributed by atoms with van der Waals surface area (Å²) >= 11 is 0. The van der Waals surface area contributed by atoms with Crippen LogP contribution in [-0.2, 0) is 6.54 Å². The van der Waals surface area contributed by atoms with Gasteiger partial charge in [-0.1, -0.05) is 0 Å². The van der Waals surface area contributed by atoms with Crippen LogP contribution in [0.4, 0.5) is 0 Å². The van der Waals surface area contributed by atoms with Crippen molar-refractivity contribution in [3.05, 3.63) is 28.2 Å². The number of methoxy groups -OCH3 is 1. The molecule has 6 nitrogen and oxygen atoms in total. The van der Waals surface area contributed by atoms with Crippen molar-refractivity contribution in [2.75, 3.05) is 21.2 Å². The smallest absolute Gasteiger partial charge is 0.352 e. The van der Waals surface area contributed by atoms with Gasteiger partial charge >= 0.3 is 5.97 Å². The molecule has 6 heteroatoms. The van der Waals surface area contributed by atoms with Gasteiger partial charge in [-0.2, -0.15) is 0 Å². The zero-order valence-corrected chi connectivity index (χ0v) is 11.9. The molecule has 0 saturated carbocycles. The summed E-state index contributed by atoms with van der Waals surface area (Å²) in [6.45, 7) is 4.41. The largest absolute Gasteiger partial charge is 0.491 e. The van der Waals surface area contributed by atoms with Gasteiger partial charge in [0.1, 0.15) is 5.69 Å². The second-order valence-electron chi connectivity index (χ2n) is 5.23. The quantitative estimate of drug-likeness (QED) is 0.859. The first-order chi connectivity index (χ1) is 8.69. The Balaban J connectivity index is 3.32. The highest BCUT2D eigenvalue weighted by Gasteiger charge is 2.24. The van der Waals surface area contributed by atoms with E-state index in [0.717, 1.165) is 6.07 Å². The molecule has 0 fully saturated rings. The predicted octanol–water partition coefficient (Wildman–Crippen LogP) is 0.895. The molecule has 0 amide bonds. The zero-order chi connectivity index (χ0) is 14.8. The number of pyridine rings is 1. The van der Waals surface area contributed by atoms with Gasteiger partial charge in [-0.05, 0) is 27.9 Å². The summed E-state index contributed by atoms with van der Waals surface area (Å²) in [6.07, 6.45) is 1.44. The lowest BCUT2D eigenvalue weighted by Gasteiger charge is -2.33. The number of hydrogen-bond acceptors (Lipinski definition) is 4. The maximum atomic E-state index is 11.6. The molecule has 1 heterocycles. The van der Waals surface area contributed by atoms with Gasteiger partial charge in [-0.3, -0.25) is 4.79 Å². The van der Waals surface area contributed by atoms with Crippen LogP contribution in [0.25, 0.3) is 0 Å². The summed E-state index contributed by atoms with van der Waals surface area (Å²) in [6, 6.07) is 1.09. The van der Waals surface area contributed by atoms with Gasteiger partial charge in [0.2, 0.25) is 5.43 Å². The molecule has 0 spiro atoms. The number of carboxylic acid groups (broad SMARTS) is 1. The predicted molar refractivity (Wildman–Crippen MR) is 72.0 cm³/mol. The molecule has 1 N–H and O–H groups in total. The average molecular weight is 268 g/mol. The summed E-state index contributed by atoms with van der Waals surface area (Å²) in [4.78, 5) is 24.8. The molecule has 19 heavy (non-hydrogen) atoms. The van der Waals surface area contributed by atoms with Gasteiger partial charge in [0.15, 0.2) is 5.75 Å². The maximum absolute atomic E-state index is 11.6. The van der Waals surface area contributed by atoms with Crippen LogP contribution in [0.5, 0.6) is 5.75 Å². The lowest BCUT2D eigenvalue weighted by atomic mass is 10.0. The Morgan fingerprint density at radius 2 is 2.05 bits per heavy atom.